The van der Waals surface area contributed by atoms with Crippen LogP contribution in [0.15, 0.2) is 55.9 Å². The number of aryl methyl sites for hydroxylation is 3. The number of terminal acetylenes is 2. The van der Waals surface area contributed by atoms with E-state index in [-0.39, 0.29) is 9.99 Å². The van der Waals surface area contributed by atoms with Crippen LogP contribution >= 0.6 is 0 Å². The molecule has 0 bridgehead atoms. The Morgan fingerprint density at radius 1 is 0.854 bits per heavy atom. The molecule has 0 saturated carbocycles. The molecule has 4 N–H and O–H groups in total. The molecule has 12 heteroatoms. The number of nitrogen functional groups attached to an aromatic ring is 1. The van der Waals surface area contributed by atoms with Crippen LogP contribution < -0.4 is 5.73 Å². The SMILES string of the molecule is C#CC#CC#CC#CC#CC#CC#CC#CC#C.Cc1nc2c(-c3cccnc3N)cc(-c3c(C)noc3C)cc2[nH]1.N=N/N=N/N=O.[HH].[HH].[HH].[HH].[HH].[HH].[HH]. The summed E-state index contributed by atoms with van der Waals surface area (Å²) in [7, 11) is 0. The van der Waals surface area contributed by atoms with E-state index >= 15 is 0 Å². The first-order valence-electron chi connectivity index (χ1n) is 13.0. The fraction of sp³-hybridized carbons (Fsp3) is 0.0833. The summed E-state index contributed by atoms with van der Waals surface area (Å²) in [6.45, 7) is 5.79. The molecule has 0 amide bonds. The molecule has 12 nitrogen and oxygen atoms in total. The monoisotopic (exact) mass is 638 g/mol. The third-order valence-corrected chi connectivity index (χ3v) is 5.23. The highest BCUT2D eigenvalue weighted by molar-refractivity contribution is 5.98. The van der Waals surface area contributed by atoms with Crippen molar-refractivity contribution in [2.45, 2.75) is 20.8 Å². The van der Waals surface area contributed by atoms with Crippen molar-refractivity contribution < 1.29 is 14.5 Å². The van der Waals surface area contributed by atoms with Crippen LogP contribution in [0.2, 0.25) is 0 Å². The summed E-state index contributed by atoms with van der Waals surface area (Å²) < 4.78 is 5.32. The van der Waals surface area contributed by atoms with Gasteiger partial charge in [-0.3, -0.25) is 0 Å². The number of nitrogens with zero attached hydrogens (tertiary/aromatic N) is 7. The number of imidazole rings is 1. The summed E-state index contributed by atoms with van der Waals surface area (Å²) in [6.07, 6.45) is 11.4. The van der Waals surface area contributed by atoms with Crippen molar-refractivity contribution in [1.29, 1.82) is 5.53 Å². The summed E-state index contributed by atoms with van der Waals surface area (Å²) >= 11 is 0. The fourth-order valence-corrected chi connectivity index (χ4v) is 3.61. The molecule has 0 radical (unpaired) electrons. The van der Waals surface area contributed by atoms with E-state index in [0.29, 0.717) is 5.82 Å². The Bertz CT molecular complexity index is 2330. The maximum atomic E-state index is 8.91. The number of pyridine rings is 1. The predicted molar refractivity (Wildman–Crippen MR) is 196 cm³/mol. The van der Waals surface area contributed by atoms with Gasteiger partial charge in [-0.05, 0) is 156 Å². The quantitative estimate of drug-likeness (QED) is 0.0949. The third-order valence-electron chi connectivity index (χ3n) is 5.23. The molecule has 48 heavy (non-hydrogen) atoms. The molecule has 0 aliphatic rings. The molecule has 0 spiro atoms. The fourth-order valence-electron chi connectivity index (χ4n) is 3.61. The number of fused-ring (bicyclic) bond motifs is 1. The van der Waals surface area contributed by atoms with Gasteiger partial charge in [-0.1, -0.05) is 5.16 Å². The van der Waals surface area contributed by atoms with Crippen LogP contribution in [0.1, 0.15) is 27.3 Å². The lowest BCUT2D eigenvalue weighted by Crippen LogP contribution is -1.94. The Balaban J connectivity index is -0.000000175. The van der Waals surface area contributed by atoms with Gasteiger partial charge in [0.15, 0.2) is 0 Å². The molecule has 0 aliphatic heterocycles. The number of nitrogens with one attached hydrogen (secondary N) is 2. The number of hydrogen-bond acceptors (Lipinski definition) is 7. The molecule has 3 aromatic heterocycles. The van der Waals surface area contributed by atoms with E-state index in [1.165, 1.54) is 0 Å². The number of hydrogen-bond donors (Lipinski definition) is 3. The van der Waals surface area contributed by atoms with E-state index in [1.807, 2.05) is 38.2 Å². The number of nitrogens with two attached hydrogens (primary N) is 1. The van der Waals surface area contributed by atoms with Gasteiger partial charge in [-0.25, -0.2) is 9.97 Å². The van der Waals surface area contributed by atoms with Gasteiger partial charge in [0.25, 0.3) is 0 Å². The Labute approximate surface area is 287 Å². The van der Waals surface area contributed by atoms with Crippen LogP contribution in [-0.2, 0) is 0 Å². The van der Waals surface area contributed by atoms with Gasteiger partial charge in [0.2, 0.25) is 0 Å². The molecular formula is C36H34N10O2. The zero-order valence-corrected chi connectivity index (χ0v) is 25.6. The summed E-state index contributed by atoms with van der Waals surface area (Å²) in [4.78, 5) is 21.0. The highest BCUT2D eigenvalue weighted by Gasteiger charge is 2.17. The topological polar surface area (TPSA) is 184 Å². The van der Waals surface area contributed by atoms with Gasteiger partial charge in [-0.15, -0.1) is 17.8 Å². The van der Waals surface area contributed by atoms with Crippen LogP contribution in [0.25, 0.3) is 33.3 Å². The van der Waals surface area contributed by atoms with Crippen LogP contribution in [0, 0.1) is 139 Å². The molecule has 240 valence electrons. The second-order valence-electron chi connectivity index (χ2n) is 8.28. The first-order chi connectivity index (χ1) is 23.4. The van der Waals surface area contributed by atoms with Gasteiger partial charge in [-0.2, -0.15) is 5.53 Å². The molecule has 0 saturated heterocycles. The maximum Gasteiger partial charge on any atom is 0.141 e. The Hall–Kier alpha value is -8.31. The highest BCUT2D eigenvalue weighted by atomic mass is 16.5. The number of H-pyrrole nitrogens is 1. The lowest BCUT2D eigenvalue weighted by Gasteiger charge is -2.09. The Kier molecular flexibility index (Phi) is 15.4. The molecule has 4 aromatic rings. The van der Waals surface area contributed by atoms with Crippen molar-refractivity contribution in [1.82, 2.24) is 20.1 Å². The van der Waals surface area contributed by atoms with Gasteiger partial charge < -0.3 is 15.2 Å². The highest BCUT2D eigenvalue weighted by Crippen LogP contribution is 2.36. The average molecular weight is 639 g/mol. The van der Waals surface area contributed by atoms with E-state index in [0.717, 1.165) is 50.6 Å². The smallest absolute Gasteiger partial charge is 0.141 e. The number of nitroso groups, excluding NO2 is 1. The van der Waals surface area contributed by atoms with Crippen molar-refractivity contribution in [3.63, 3.8) is 0 Å². The normalized spacial score (nSPS) is 8.10. The molecule has 1 aromatic carbocycles. The summed E-state index contributed by atoms with van der Waals surface area (Å²) in [5.41, 5.74) is 18.5. The van der Waals surface area contributed by atoms with E-state index < -0.39 is 0 Å². The van der Waals surface area contributed by atoms with Gasteiger partial charge in [0, 0.05) is 38.1 Å². The standard InChI is InChI=1S/C18H17N5O.C18H2.HN5O.7H2/c1-9-16(10(2)24-23-9)12-7-14(13-5-4-6-20-18(13)19)17-15(8-12)21-11(3)22-17;1-3-5-7-9-11-13-15-17-18-16-14-12-10-8-6-4-2;1-2-3-4-5-6;;;;;;;/h4-8H,1-3H3,(H2,19,20)(H,21,22);1-2H;1H;7*1H/b;;2-1?,4-3+;;;;;;;. The zero-order chi connectivity index (χ0) is 35.0. The minimum absolute atomic E-state index is 0. The minimum atomic E-state index is 0. The predicted octanol–water partition coefficient (Wildman–Crippen LogP) is 6.85. The summed E-state index contributed by atoms with van der Waals surface area (Å²) in [6, 6.07) is 7.97. The number of aromatic amines is 1. The van der Waals surface area contributed by atoms with Crippen molar-refractivity contribution in [2.24, 2.45) is 21.0 Å². The second kappa shape index (κ2) is 20.6. The van der Waals surface area contributed by atoms with Gasteiger partial charge in [0.05, 0.1) is 16.7 Å². The minimum Gasteiger partial charge on any atom is -0.383 e. The zero-order valence-electron chi connectivity index (χ0n) is 25.6. The Morgan fingerprint density at radius 2 is 1.42 bits per heavy atom. The maximum absolute atomic E-state index is 8.91. The molecule has 0 unspecified atom stereocenters. The first kappa shape index (κ1) is 35.9. The summed E-state index contributed by atoms with van der Waals surface area (Å²) in [5.74, 6) is 40.4. The molecular weight excluding hydrogens is 604 g/mol. The molecule has 4 rings (SSSR count). The van der Waals surface area contributed by atoms with E-state index in [2.05, 4.69) is 143 Å². The number of aromatic nitrogens is 4. The van der Waals surface area contributed by atoms with Crippen LogP contribution in [0.5, 0.6) is 0 Å². The van der Waals surface area contributed by atoms with Crippen LogP contribution in [-0.4, -0.2) is 20.1 Å². The van der Waals surface area contributed by atoms with Crippen LogP contribution in [0.3, 0.4) is 0 Å². The number of benzene rings is 1. The molecule has 0 atom stereocenters. The van der Waals surface area contributed by atoms with Crippen molar-refractivity contribution in [2.75, 3.05) is 5.73 Å². The van der Waals surface area contributed by atoms with E-state index in [1.54, 1.807) is 6.20 Å². The average Bonchev–Trinajstić information content (AvgIpc) is 3.63. The van der Waals surface area contributed by atoms with Gasteiger partial charge in [0.1, 0.15) is 22.7 Å². The van der Waals surface area contributed by atoms with Gasteiger partial charge >= 0.3 is 0 Å². The lowest BCUT2D eigenvalue weighted by atomic mass is 9.97. The number of rotatable bonds is 4. The third kappa shape index (κ3) is 11.8. The van der Waals surface area contributed by atoms with E-state index in [9.17, 15) is 0 Å². The number of anilines is 1. The second-order valence-corrected chi connectivity index (χ2v) is 8.28. The lowest BCUT2D eigenvalue weighted by molar-refractivity contribution is 0.393. The molecule has 0 aliphatic carbocycles. The van der Waals surface area contributed by atoms with Crippen molar-refractivity contribution in [3.8, 4) is 130 Å². The van der Waals surface area contributed by atoms with Crippen molar-refractivity contribution >= 4 is 16.9 Å². The summed E-state index contributed by atoms with van der Waals surface area (Å²) in [5, 5.41) is 13.3. The van der Waals surface area contributed by atoms with Crippen LogP contribution in [0.4, 0.5) is 5.82 Å². The van der Waals surface area contributed by atoms with E-state index in [4.69, 9.17) is 33.5 Å². The largest absolute Gasteiger partial charge is 0.383 e. The van der Waals surface area contributed by atoms with Crippen molar-refractivity contribution in [3.05, 3.63) is 52.6 Å². The first-order valence-corrected chi connectivity index (χ1v) is 13.0. The molecule has 3 heterocycles. The molecule has 0 fully saturated rings. The Morgan fingerprint density at radius 3 is 1.85 bits per heavy atom.